The van der Waals surface area contributed by atoms with E-state index in [-0.39, 0.29) is 5.91 Å². The number of carbonyl (C=O) groups is 1. The summed E-state index contributed by atoms with van der Waals surface area (Å²) in [5, 5.41) is 9.30. The van der Waals surface area contributed by atoms with Crippen LogP contribution in [0.25, 0.3) is 0 Å². The van der Waals surface area contributed by atoms with E-state index in [0.29, 0.717) is 17.1 Å². The maximum Gasteiger partial charge on any atom is 0.256 e. The largest absolute Gasteiger partial charge is 0.497 e. The van der Waals surface area contributed by atoms with Gasteiger partial charge >= 0.3 is 0 Å². The van der Waals surface area contributed by atoms with Crippen molar-refractivity contribution in [1.29, 1.82) is 0 Å². The predicted molar refractivity (Wildman–Crippen MR) is 64.3 cm³/mol. The van der Waals surface area contributed by atoms with Gasteiger partial charge in [-0.3, -0.25) is 9.89 Å². The van der Waals surface area contributed by atoms with Gasteiger partial charge in [0.2, 0.25) is 0 Å². The summed E-state index contributed by atoms with van der Waals surface area (Å²) in [6.07, 6.45) is 1.65. The lowest BCUT2D eigenvalue weighted by Gasteiger charge is -2.05. The maximum atomic E-state index is 11.9. The number of rotatable bonds is 3. The topological polar surface area (TPSA) is 67.0 Å². The second kappa shape index (κ2) is 4.69. The fourth-order valence-electron chi connectivity index (χ4n) is 1.42. The van der Waals surface area contributed by atoms with Crippen molar-refractivity contribution in [1.82, 2.24) is 10.2 Å². The van der Waals surface area contributed by atoms with E-state index >= 15 is 0 Å². The number of hydrogen-bond donors (Lipinski definition) is 2. The summed E-state index contributed by atoms with van der Waals surface area (Å²) < 4.78 is 5.06. The van der Waals surface area contributed by atoms with Crippen molar-refractivity contribution in [2.75, 3.05) is 12.4 Å². The van der Waals surface area contributed by atoms with Crippen LogP contribution in [0.15, 0.2) is 30.5 Å². The molecular formula is C12H13N3O2. The van der Waals surface area contributed by atoms with Crippen molar-refractivity contribution in [3.63, 3.8) is 0 Å². The number of ether oxygens (including phenoxy) is 1. The molecule has 0 aliphatic carbocycles. The van der Waals surface area contributed by atoms with Gasteiger partial charge in [-0.05, 0) is 25.1 Å². The van der Waals surface area contributed by atoms with E-state index in [1.807, 2.05) is 6.92 Å². The predicted octanol–water partition coefficient (Wildman–Crippen LogP) is 1.98. The summed E-state index contributed by atoms with van der Waals surface area (Å²) in [5.41, 5.74) is 1.43. The third kappa shape index (κ3) is 2.44. The molecule has 0 saturated carbocycles. The smallest absolute Gasteiger partial charge is 0.256 e. The van der Waals surface area contributed by atoms with Crippen LogP contribution < -0.4 is 10.1 Å². The zero-order valence-corrected chi connectivity index (χ0v) is 9.65. The Bertz CT molecular complexity index is 534. The molecule has 0 spiro atoms. The van der Waals surface area contributed by atoms with Crippen LogP contribution in [-0.2, 0) is 0 Å². The van der Waals surface area contributed by atoms with Crippen LogP contribution in [0.2, 0.25) is 0 Å². The lowest BCUT2D eigenvalue weighted by molar-refractivity contribution is 0.102. The second-order valence-corrected chi connectivity index (χ2v) is 3.61. The molecule has 2 aromatic rings. The third-order valence-corrected chi connectivity index (χ3v) is 2.40. The van der Waals surface area contributed by atoms with Gasteiger partial charge in [-0.25, -0.2) is 0 Å². The molecule has 88 valence electrons. The van der Waals surface area contributed by atoms with E-state index in [0.717, 1.165) is 5.56 Å². The third-order valence-electron chi connectivity index (χ3n) is 2.40. The highest BCUT2D eigenvalue weighted by atomic mass is 16.5. The van der Waals surface area contributed by atoms with Gasteiger partial charge in [-0.15, -0.1) is 0 Å². The zero-order chi connectivity index (χ0) is 12.3. The van der Waals surface area contributed by atoms with Crippen molar-refractivity contribution >= 4 is 11.7 Å². The highest BCUT2D eigenvalue weighted by molar-refractivity contribution is 6.04. The molecule has 0 saturated heterocycles. The van der Waals surface area contributed by atoms with Crippen LogP contribution >= 0.6 is 0 Å². The quantitative estimate of drug-likeness (QED) is 0.848. The number of methoxy groups -OCH3 is 1. The first-order chi connectivity index (χ1) is 8.20. The Hall–Kier alpha value is -2.30. The number of nitrogens with one attached hydrogen (secondary N) is 2. The molecule has 5 heteroatoms. The molecule has 0 aliphatic heterocycles. The van der Waals surface area contributed by atoms with Crippen molar-refractivity contribution in [3.05, 3.63) is 41.6 Å². The second-order valence-electron chi connectivity index (χ2n) is 3.61. The molecule has 2 rings (SSSR count). The van der Waals surface area contributed by atoms with Crippen molar-refractivity contribution in [2.24, 2.45) is 0 Å². The average molecular weight is 231 g/mol. The molecule has 1 aromatic heterocycles. The Balaban J connectivity index is 2.17. The summed E-state index contributed by atoms with van der Waals surface area (Å²) in [7, 11) is 1.57. The molecule has 0 unspecified atom stereocenters. The fraction of sp³-hybridized carbons (Fsp3) is 0.167. The summed E-state index contributed by atoms with van der Waals surface area (Å²) >= 11 is 0. The van der Waals surface area contributed by atoms with Crippen LogP contribution in [-0.4, -0.2) is 23.2 Å². The molecule has 0 atom stereocenters. The van der Waals surface area contributed by atoms with Crippen molar-refractivity contribution < 1.29 is 9.53 Å². The van der Waals surface area contributed by atoms with Gasteiger partial charge in [0.15, 0.2) is 0 Å². The van der Waals surface area contributed by atoms with Crippen molar-refractivity contribution in [3.8, 4) is 5.75 Å². The number of aromatic nitrogens is 2. The Morgan fingerprint density at radius 3 is 2.94 bits per heavy atom. The first-order valence-electron chi connectivity index (χ1n) is 5.16. The van der Waals surface area contributed by atoms with E-state index in [1.165, 1.54) is 0 Å². The molecular weight excluding hydrogens is 218 g/mol. The minimum atomic E-state index is -0.198. The first kappa shape index (κ1) is 11.2. The number of H-pyrrole nitrogens is 1. The Kier molecular flexibility index (Phi) is 3.09. The Morgan fingerprint density at radius 2 is 2.29 bits per heavy atom. The number of hydrogen-bond acceptors (Lipinski definition) is 3. The Morgan fingerprint density at radius 1 is 1.47 bits per heavy atom. The molecule has 0 bridgehead atoms. The highest BCUT2D eigenvalue weighted by Gasteiger charge is 2.09. The van der Waals surface area contributed by atoms with Crippen LogP contribution in [0.3, 0.4) is 0 Å². The lowest BCUT2D eigenvalue weighted by atomic mass is 10.2. The molecule has 17 heavy (non-hydrogen) atoms. The standard InChI is InChI=1S/C12H13N3O2/c1-8-7-13-15-11(8)14-12(16)9-4-3-5-10(6-9)17-2/h3-7H,1-2H3,(H2,13,14,15,16). The Labute approximate surface area is 98.8 Å². The molecule has 0 radical (unpaired) electrons. The average Bonchev–Trinajstić information content (AvgIpc) is 2.75. The molecule has 1 heterocycles. The normalized spacial score (nSPS) is 10.0. The number of anilines is 1. The highest BCUT2D eigenvalue weighted by Crippen LogP contribution is 2.15. The minimum absolute atomic E-state index is 0.198. The van der Waals surface area contributed by atoms with E-state index < -0.39 is 0 Å². The van der Waals surface area contributed by atoms with Gasteiger partial charge in [0.05, 0.1) is 13.3 Å². The zero-order valence-electron chi connectivity index (χ0n) is 9.65. The number of benzene rings is 1. The molecule has 0 fully saturated rings. The number of carbonyl (C=O) groups excluding carboxylic acids is 1. The molecule has 1 aromatic carbocycles. The summed E-state index contributed by atoms with van der Waals surface area (Å²) in [5.74, 6) is 1.06. The first-order valence-corrected chi connectivity index (χ1v) is 5.16. The lowest BCUT2D eigenvalue weighted by Crippen LogP contribution is -2.12. The van der Waals surface area contributed by atoms with Gasteiger partial charge in [0.25, 0.3) is 5.91 Å². The van der Waals surface area contributed by atoms with E-state index in [4.69, 9.17) is 4.74 Å². The van der Waals surface area contributed by atoms with Gasteiger partial charge in [0, 0.05) is 11.1 Å². The summed E-state index contributed by atoms with van der Waals surface area (Å²) in [6.45, 7) is 1.87. The van der Waals surface area contributed by atoms with Crippen LogP contribution in [0.1, 0.15) is 15.9 Å². The molecule has 1 amide bonds. The molecule has 0 aliphatic rings. The SMILES string of the molecule is COc1cccc(C(=O)Nc2[nH]ncc2C)c1. The van der Waals surface area contributed by atoms with Crippen LogP contribution in [0, 0.1) is 6.92 Å². The van der Waals surface area contributed by atoms with Crippen LogP contribution in [0.4, 0.5) is 5.82 Å². The van der Waals surface area contributed by atoms with Gasteiger partial charge in [0.1, 0.15) is 11.6 Å². The van der Waals surface area contributed by atoms with E-state index in [9.17, 15) is 4.79 Å². The summed E-state index contributed by atoms with van der Waals surface area (Å²) in [4.78, 5) is 11.9. The fourth-order valence-corrected chi connectivity index (χ4v) is 1.42. The van der Waals surface area contributed by atoms with Crippen LogP contribution in [0.5, 0.6) is 5.75 Å². The number of aromatic amines is 1. The minimum Gasteiger partial charge on any atom is -0.497 e. The molecule has 2 N–H and O–H groups in total. The van der Waals surface area contributed by atoms with E-state index in [2.05, 4.69) is 15.5 Å². The maximum absolute atomic E-state index is 11.9. The van der Waals surface area contributed by atoms with Gasteiger partial charge in [-0.1, -0.05) is 6.07 Å². The molecule has 5 nitrogen and oxygen atoms in total. The summed E-state index contributed by atoms with van der Waals surface area (Å²) in [6, 6.07) is 6.97. The van der Waals surface area contributed by atoms with Gasteiger partial charge in [-0.2, -0.15) is 5.10 Å². The number of amides is 1. The number of aryl methyl sites for hydroxylation is 1. The number of nitrogens with zero attached hydrogens (tertiary/aromatic N) is 1. The van der Waals surface area contributed by atoms with Crippen molar-refractivity contribution in [2.45, 2.75) is 6.92 Å². The van der Waals surface area contributed by atoms with E-state index in [1.54, 1.807) is 37.6 Å². The monoisotopic (exact) mass is 231 g/mol. The van der Waals surface area contributed by atoms with Gasteiger partial charge < -0.3 is 10.1 Å².